The Balaban J connectivity index is 1.61. The second kappa shape index (κ2) is 7.15. The maximum Gasteiger partial charge on any atom is 0.222 e. The van der Waals surface area contributed by atoms with Crippen molar-refractivity contribution >= 4 is 5.91 Å². The molecular weight excluding hydrogens is 306 g/mol. The first-order valence-corrected chi connectivity index (χ1v) is 8.67. The molecule has 1 saturated heterocycles. The van der Waals surface area contributed by atoms with E-state index in [9.17, 15) is 4.79 Å². The standard InChI is InChI=1S/C17H25N5O2/c1-4-21-11-18-19-17(21)14-6-5-9-22(10-14)16(23)8-7-15-12(2)20-24-13(15)3/h11,14H,4-10H2,1-3H3/t14-/m1/s1. The highest BCUT2D eigenvalue weighted by Crippen LogP contribution is 2.26. The van der Waals surface area contributed by atoms with Gasteiger partial charge in [0.2, 0.25) is 5.91 Å². The minimum atomic E-state index is 0.197. The lowest BCUT2D eigenvalue weighted by molar-refractivity contribution is -0.132. The molecule has 0 N–H and O–H groups in total. The fourth-order valence-electron chi connectivity index (χ4n) is 3.49. The second-order valence-corrected chi connectivity index (χ2v) is 6.46. The van der Waals surface area contributed by atoms with Gasteiger partial charge in [0.15, 0.2) is 0 Å². The molecular formula is C17H25N5O2. The molecule has 130 valence electrons. The molecule has 1 fully saturated rings. The van der Waals surface area contributed by atoms with Gasteiger partial charge in [-0.15, -0.1) is 10.2 Å². The van der Waals surface area contributed by atoms with Crippen molar-refractivity contribution in [3.8, 4) is 0 Å². The zero-order valence-corrected chi connectivity index (χ0v) is 14.7. The minimum absolute atomic E-state index is 0.197. The number of aromatic nitrogens is 4. The highest BCUT2D eigenvalue weighted by atomic mass is 16.5. The van der Waals surface area contributed by atoms with Crippen LogP contribution in [0.3, 0.4) is 0 Å². The summed E-state index contributed by atoms with van der Waals surface area (Å²) < 4.78 is 7.24. The first kappa shape index (κ1) is 16.7. The molecule has 3 heterocycles. The second-order valence-electron chi connectivity index (χ2n) is 6.46. The van der Waals surface area contributed by atoms with E-state index in [1.54, 1.807) is 6.33 Å². The molecule has 1 amide bonds. The molecule has 0 unspecified atom stereocenters. The number of likely N-dealkylation sites (tertiary alicyclic amines) is 1. The molecule has 0 radical (unpaired) electrons. The van der Waals surface area contributed by atoms with Gasteiger partial charge in [0, 0.05) is 37.5 Å². The monoisotopic (exact) mass is 331 g/mol. The molecule has 0 aliphatic carbocycles. The summed E-state index contributed by atoms with van der Waals surface area (Å²) in [5, 5.41) is 12.2. The Morgan fingerprint density at radius 3 is 2.96 bits per heavy atom. The van der Waals surface area contributed by atoms with Gasteiger partial charge in [-0.3, -0.25) is 4.79 Å². The van der Waals surface area contributed by atoms with Crippen LogP contribution in [0.25, 0.3) is 0 Å². The van der Waals surface area contributed by atoms with Crippen molar-refractivity contribution in [1.82, 2.24) is 24.8 Å². The zero-order valence-electron chi connectivity index (χ0n) is 14.7. The van der Waals surface area contributed by atoms with Crippen LogP contribution in [-0.4, -0.2) is 43.8 Å². The summed E-state index contributed by atoms with van der Waals surface area (Å²) in [6.45, 7) is 8.33. The molecule has 2 aromatic heterocycles. The highest BCUT2D eigenvalue weighted by molar-refractivity contribution is 5.76. The average molecular weight is 331 g/mol. The molecule has 0 spiro atoms. The van der Waals surface area contributed by atoms with Gasteiger partial charge in [0.1, 0.15) is 17.9 Å². The maximum absolute atomic E-state index is 12.6. The summed E-state index contributed by atoms with van der Waals surface area (Å²) in [5.74, 6) is 2.29. The molecule has 0 aromatic carbocycles. The van der Waals surface area contributed by atoms with Crippen LogP contribution in [0.15, 0.2) is 10.9 Å². The first-order valence-electron chi connectivity index (χ1n) is 8.67. The molecule has 1 atom stereocenters. The van der Waals surface area contributed by atoms with Crippen molar-refractivity contribution in [3.05, 3.63) is 29.2 Å². The van der Waals surface area contributed by atoms with E-state index >= 15 is 0 Å². The lowest BCUT2D eigenvalue weighted by Gasteiger charge is -2.32. The summed E-state index contributed by atoms with van der Waals surface area (Å²) in [4.78, 5) is 14.6. The summed E-state index contributed by atoms with van der Waals surface area (Å²) in [7, 11) is 0. The number of carbonyl (C=O) groups is 1. The van der Waals surface area contributed by atoms with E-state index in [1.165, 1.54) is 0 Å². The third-order valence-corrected chi connectivity index (χ3v) is 4.90. The molecule has 2 aromatic rings. The number of hydrogen-bond acceptors (Lipinski definition) is 5. The molecule has 0 saturated carbocycles. The van der Waals surface area contributed by atoms with Crippen LogP contribution in [-0.2, 0) is 17.8 Å². The molecule has 1 aliphatic rings. The van der Waals surface area contributed by atoms with Crippen LogP contribution < -0.4 is 0 Å². The van der Waals surface area contributed by atoms with Crippen LogP contribution in [0.4, 0.5) is 0 Å². The first-order chi connectivity index (χ1) is 11.6. The quantitative estimate of drug-likeness (QED) is 0.840. The minimum Gasteiger partial charge on any atom is -0.361 e. The highest BCUT2D eigenvalue weighted by Gasteiger charge is 2.27. The number of nitrogens with zero attached hydrogens (tertiary/aromatic N) is 5. The van der Waals surface area contributed by atoms with E-state index in [0.717, 1.165) is 55.3 Å². The molecule has 24 heavy (non-hydrogen) atoms. The van der Waals surface area contributed by atoms with E-state index in [1.807, 2.05) is 18.7 Å². The summed E-state index contributed by atoms with van der Waals surface area (Å²) in [6, 6.07) is 0. The number of rotatable bonds is 5. The smallest absolute Gasteiger partial charge is 0.222 e. The van der Waals surface area contributed by atoms with Crippen molar-refractivity contribution in [2.75, 3.05) is 13.1 Å². The van der Waals surface area contributed by atoms with Crippen molar-refractivity contribution in [2.45, 2.75) is 58.9 Å². The van der Waals surface area contributed by atoms with Crippen LogP contribution in [0, 0.1) is 13.8 Å². The van der Waals surface area contributed by atoms with Gasteiger partial charge in [-0.25, -0.2) is 0 Å². The van der Waals surface area contributed by atoms with Gasteiger partial charge < -0.3 is 14.0 Å². The van der Waals surface area contributed by atoms with E-state index in [2.05, 4.69) is 26.8 Å². The van der Waals surface area contributed by atoms with Gasteiger partial charge in [-0.1, -0.05) is 5.16 Å². The fraction of sp³-hybridized carbons (Fsp3) is 0.647. The Morgan fingerprint density at radius 2 is 2.25 bits per heavy atom. The van der Waals surface area contributed by atoms with Crippen LogP contribution in [0.5, 0.6) is 0 Å². The van der Waals surface area contributed by atoms with Gasteiger partial charge in [0.25, 0.3) is 0 Å². The zero-order chi connectivity index (χ0) is 17.1. The number of hydrogen-bond donors (Lipinski definition) is 0. The Bertz CT molecular complexity index is 686. The molecule has 7 nitrogen and oxygen atoms in total. The number of aryl methyl sites for hydroxylation is 3. The van der Waals surface area contributed by atoms with Gasteiger partial charge in [0.05, 0.1) is 5.69 Å². The largest absolute Gasteiger partial charge is 0.361 e. The van der Waals surface area contributed by atoms with Crippen LogP contribution in [0.1, 0.15) is 54.9 Å². The Hall–Kier alpha value is -2.18. The van der Waals surface area contributed by atoms with E-state index in [0.29, 0.717) is 12.8 Å². The molecule has 1 aliphatic heterocycles. The van der Waals surface area contributed by atoms with E-state index in [-0.39, 0.29) is 11.8 Å². The Labute approximate surface area is 142 Å². The fourth-order valence-corrected chi connectivity index (χ4v) is 3.49. The predicted molar refractivity (Wildman–Crippen MR) is 88.5 cm³/mol. The Kier molecular flexibility index (Phi) is 4.97. The van der Waals surface area contributed by atoms with Crippen molar-refractivity contribution < 1.29 is 9.32 Å². The van der Waals surface area contributed by atoms with Crippen LogP contribution >= 0.6 is 0 Å². The van der Waals surface area contributed by atoms with Gasteiger partial charge in [-0.2, -0.15) is 0 Å². The van der Waals surface area contributed by atoms with Crippen molar-refractivity contribution in [2.24, 2.45) is 0 Å². The maximum atomic E-state index is 12.6. The van der Waals surface area contributed by atoms with E-state index in [4.69, 9.17) is 4.52 Å². The number of amides is 1. The number of piperidine rings is 1. The molecule has 0 bridgehead atoms. The third kappa shape index (κ3) is 3.34. The predicted octanol–water partition coefficient (Wildman–Crippen LogP) is 2.24. The van der Waals surface area contributed by atoms with Crippen LogP contribution in [0.2, 0.25) is 0 Å². The SMILES string of the molecule is CCn1cnnc1[C@@H]1CCCN(C(=O)CCc2c(C)noc2C)C1. The lowest BCUT2D eigenvalue weighted by Crippen LogP contribution is -2.39. The summed E-state index contributed by atoms with van der Waals surface area (Å²) >= 11 is 0. The third-order valence-electron chi connectivity index (χ3n) is 4.90. The summed E-state index contributed by atoms with van der Waals surface area (Å²) in [5.41, 5.74) is 1.94. The van der Waals surface area contributed by atoms with E-state index < -0.39 is 0 Å². The Morgan fingerprint density at radius 1 is 1.42 bits per heavy atom. The van der Waals surface area contributed by atoms with Crippen molar-refractivity contribution in [1.29, 1.82) is 0 Å². The molecule has 3 rings (SSSR count). The van der Waals surface area contributed by atoms with Crippen molar-refractivity contribution in [3.63, 3.8) is 0 Å². The average Bonchev–Trinajstić information content (AvgIpc) is 3.20. The normalized spacial score (nSPS) is 18.1. The van der Waals surface area contributed by atoms with Gasteiger partial charge in [-0.05, 0) is 40.0 Å². The number of carbonyl (C=O) groups excluding carboxylic acids is 1. The lowest BCUT2D eigenvalue weighted by atomic mass is 9.96. The molecule has 7 heteroatoms. The van der Waals surface area contributed by atoms with Gasteiger partial charge >= 0.3 is 0 Å². The topological polar surface area (TPSA) is 77.1 Å². The summed E-state index contributed by atoms with van der Waals surface area (Å²) in [6.07, 6.45) is 5.03.